The lowest BCUT2D eigenvalue weighted by atomic mass is 10.2. The number of hydrogen-bond donors (Lipinski definition) is 0. The first-order valence-electron chi connectivity index (χ1n) is 6.42. The summed E-state index contributed by atoms with van der Waals surface area (Å²) in [4.78, 5) is 15.4. The summed E-state index contributed by atoms with van der Waals surface area (Å²) >= 11 is 0. The van der Waals surface area contributed by atoms with Crippen LogP contribution >= 0.6 is 0 Å². The molecule has 22 heavy (non-hydrogen) atoms. The lowest BCUT2D eigenvalue weighted by Gasteiger charge is -2.03. The maximum atomic E-state index is 12.4. The Morgan fingerprint density at radius 3 is 2.23 bits per heavy atom. The fourth-order valence-corrected chi connectivity index (χ4v) is 3.27. The Morgan fingerprint density at radius 1 is 1.09 bits per heavy atom. The van der Waals surface area contributed by atoms with Gasteiger partial charge in [0, 0.05) is 17.7 Å². The molecule has 1 fully saturated rings. The fourth-order valence-electron chi connectivity index (χ4n) is 2.01. The molecule has 1 saturated heterocycles. The molecule has 0 amide bonds. The van der Waals surface area contributed by atoms with Gasteiger partial charge in [-0.2, -0.15) is 0 Å². The first-order valence-corrected chi connectivity index (χ1v) is 7.86. The van der Waals surface area contributed by atoms with Crippen molar-refractivity contribution in [3.8, 4) is 0 Å². The molecule has 2 unspecified atom stereocenters. The average molecular weight is 320 g/mol. The van der Waals surface area contributed by atoms with Gasteiger partial charge in [0.1, 0.15) is 0 Å². The van der Waals surface area contributed by atoms with E-state index in [-0.39, 0.29) is 10.6 Å². The van der Waals surface area contributed by atoms with Gasteiger partial charge in [-0.3, -0.25) is 15.0 Å². The zero-order valence-corrected chi connectivity index (χ0v) is 12.4. The summed E-state index contributed by atoms with van der Waals surface area (Å²) < 4.78 is 25.6. The van der Waals surface area contributed by atoms with E-state index < -0.39 is 21.2 Å². The number of hydroxylamine groups is 1. The van der Waals surface area contributed by atoms with Crippen LogP contribution in [0.5, 0.6) is 0 Å². The van der Waals surface area contributed by atoms with E-state index in [0.717, 1.165) is 10.0 Å². The molecule has 7 nitrogen and oxygen atoms in total. The Hall–Kier alpha value is -2.29. The van der Waals surface area contributed by atoms with Gasteiger partial charge in [0.2, 0.25) is 0 Å². The molecular weight excluding hydrogens is 308 g/mol. The molecule has 1 heterocycles. The van der Waals surface area contributed by atoms with Crippen molar-refractivity contribution in [1.29, 1.82) is 0 Å². The highest BCUT2D eigenvalue weighted by molar-refractivity contribution is 7.89. The highest BCUT2D eigenvalue weighted by atomic mass is 32.2. The van der Waals surface area contributed by atoms with Crippen LogP contribution in [0.15, 0.2) is 53.4 Å². The van der Waals surface area contributed by atoms with Gasteiger partial charge in [0.05, 0.1) is 9.82 Å². The number of nitro benzene ring substituents is 1. The number of sulfonamides is 1. The van der Waals surface area contributed by atoms with Crippen LogP contribution in [0.3, 0.4) is 0 Å². The lowest BCUT2D eigenvalue weighted by Crippen LogP contribution is -2.12. The Labute approximate surface area is 126 Å². The van der Waals surface area contributed by atoms with Crippen molar-refractivity contribution in [3.05, 3.63) is 69.8 Å². The first kappa shape index (κ1) is 14.6. The summed E-state index contributed by atoms with van der Waals surface area (Å²) in [6, 6.07) is 12.0. The van der Waals surface area contributed by atoms with Crippen LogP contribution in [-0.4, -0.2) is 17.8 Å². The largest absolute Gasteiger partial charge is 0.269 e. The van der Waals surface area contributed by atoms with E-state index in [9.17, 15) is 18.5 Å². The molecule has 0 N–H and O–H groups in total. The van der Waals surface area contributed by atoms with Gasteiger partial charge in [-0.25, -0.2) is 8.42 Å². The molecule has 1 aliphatic heterocycles. The Balaban J connectivity index is 1.81. The predicted molar refractivity (Wildman–Crippen MR) is 77.1 cm³/mol. The topological polar surface area (TPSA) is 92.8 Å². The fraction of sp³-hybridized carbons (Fsp3) is 0.143. The lowest BCUT2D eigenvalue weighted by molar-refractivity contribution is -0.384. The molecule has 0 radical (unpaired) electrons. The quantitative estimate of drug-likeness (QED) is 0.490. The van der Waals surface area contributed by atoms with E-state index in [4.69, 9.17) is 4.84 Å². The van der Waals surface area contributed by atoms with E-state index in [0.29, 0.717) is 5.56 Å². The third-order valence-electron chi connectivity index (χ3n) is 3.29. The van der Waals surface area contributed by atoms with E-state index >= 15 is 0 Å². The molecule has 8 heteroatoms. The molecule has 0 aromatic heterocycles. The second-order valence-electron chi connectivity index (χ2n) is 4.88. The molecule has 2 aromatic carbocycles. The van der Waals surface area contributed by atoms with Gasteiger partial charge in [-0.15, -0.1) is 0 Å². The maximum absolute atomic E-state index is 12.4. The van der Waals surface area contributed by atoms with Gasteiger partial charge < -0.3 is 0 Å². The van der Waals surface area contributed by atoms with E-state index in [1.54, 1.807) is 12.1 Å². The summed E-state index contributed by atoms with van der Waals surface area (Å²) in [5.74, 6) is 0. The molecule has 0 spiro atoms. The third-order valence-corrected chi connectivity index (χ3v) is 4.91. The van der Waals surface area contributed by atoms with Crippen LogP contribution in [0.1, 0.15) is 17.4 Å². The number of non-ortho nitro benzene ring substituents is 1. The van der Waals surface area contributed by atoms with Crippen LogP contribution in [0.25, 0.3) is 0 Å². The Morgan fingerprint density at radius 2 is 1.68 bits per heavy atom. The van der Waals surface area contributed by atoms with Crippen molar-refractivity contribution >= 4 is 15.7 Å². The average Bonchev–Trinajstić information content (AvgIpc) is 3.29. The SMILES string of the molecule is Cc1ccc(S(=O)(=O)N2OC2c2ccc([N+](=O)[O-])cc2)cc1. The molecular formula is C14H12N2O5S. The summed E-state index contributed by atoms with van der Waals surface area (Å²) in [5.41, 5.74) is 1.44. The maximum Gasteiger partial charge on any atom is 0.269 e. The molecule has 0 saturated carbocycles. The molecule has 2 atom stereocenters. The zero-order valence-electron chi connectivity index (χ0n) is 11.5. The van der Waals surface area contributed by atoms with Crippen LogP contribution in [0.4, 0.5) is 5.69 Å². The molecule has 0 aliphatic carbocycles. The number of benzene rings is 2. The van der Waals surface area contributed by atoms with Crippen molar-refractivity contribution in [2.24, 2.45) is 0 Å². The molecule has 0 bridgehead atoms. The van der Waals surface area contributed by atoms with Crippen LogP contribution in [0, 0.1) is 17.0 Å². The van der Waals surface area contributed by atoms with Gasteiger partial charge in [-0.05, 0) is 35.7 Å². The standard InChI is InChI=1S/C14H12N2O5S/c1-10-2-8-13(9-3-10)22(19,20)16-14(21-16)11-4-6-12(7-5-11)15(17)18/h2-9,14H,1H3. The van der Waals surface area contributed by atoms with Crippen LogP contribution in [-0.2, 0) is 14.9 Å². The molecule has 1 aliphatic rings. The van der Waals surface area contributed by atoms with Crippen molar-refractivity contribution in [2.45, 2.75) is 18.0 Å². The zero-order chi connectivity index (χ0) is 15.9. The highest BCUT2D eigenvalue weighted by Crippen LogP contribution is 2.42. The first-order chi connectivity index (χ1) is 10.4. The van der Waals surface area contributed by atoms with Crippen LogP contribution < -0.4 is 0 Å². The van der Waals surface area contributed by atoms with E-state index in [1.165, 1.54) is 36.4 Å². The minimum absolute atomic E-state index is 0.0580. The minimum atomic E-state index is -3.73. The second kappa shape index (κ2) is 5.16. The Kier molecular flexibility index (Phi) is 3.44. The van der Waals surface area contributed by atoms with Gasteiger partial charge in [0.25, 0.3) is 15.7 Å². The number of nitro groups is 1. The van der Waals surface area contributed by atoms with Gasteiger partial charge in [-0.1, -0.05) is 17.7 Å². The highest BCUT2D eigenvalue weighted by Gasteiger charge is 2.48. The number of aryl methyl sites for hydroxylation is 1. The van der Waals surface area contributed by atoms with E-state index in [2.05, 4.69) is 0 Å². The summed E-state index contributed by atoms with van der Waals surface area (Å²) in [6.45, 7) is 1.87. The predicted octanol–water partition coefficient (Wildman–Crippen LogP) is 2.54. The normalized spacial score (nSPS) is 20.6. The van der Waals surface area contributed by atoms with Crippen LogP contribution in [0.2, 0.25) is 0 Å². The minimum Gasteiger partial charge on any atom is -0.258 e. The summed E-state index contributed by atoms with van der Waals surface area (Å²) in [6.07, 6.45) is -0.743. The monoisotopic (exact) mass is 320 g/mol. The van der Waals surface area contributed by atoms with Crippen molar-refractivity contribution in [3.63, 3.8) is 0 Å². The molecule has 2 aromatic rings. The van der Waals surface area contributed by atoms with Crippen molar-refractivity contribution in [2.75, 3.05) is 0 Å². The number of nitrogens with zero attached hydrogens (tertiary/aromatic N) is 2. The Bertz CT molecular complexity index is 815. The summed E-state index contributed by atoms with van der Waals surface area (Å²) in [5, 5.41) is 10.6. The molecule has 3 rings (SSSR count). The molecule has 114 valence electrons. The number of hydrogen-bond acceptors (Lipinski definition) is 5. The summed E-state index contributed by atoms with van der Waals surface area (Å²) in [7, 11) is -3.73. The van der Waals surface area contributed by atoms with Gasteiger partial charge >= 0.3 is 0 Å². The van der Waals surface area contributed by atoms with Gasteiger partial charge in [0.15, 0.2) is 6.23 Å². The van der Waals surface area contributed by atoms with E-state index in [1.807, 2.05) is 6.92 Å². The third kappa shape index (κ3) is 2.59. The van der Waals surface area contributed by atoms with Crippen molar-refractivity contribution < 1.29 is 18.2 Å². The number of rotatable bonds is 4. The second-order valence-corrected chi connectivity index (χ2v) is 6.66. The smallest absolute Gasteiger partial charge is 0.258 e. The van der Waals surface area contributed by atoms with Crippen molar-refractivity contribution in [1.82, 2.24) is 4.47 Å².